The van der Waals surface area contributed by atoms with Crippen molar-refractivity contribution in [2.45, 2.75) is 33.2 Å². The van der Waals surface area contributed by atoms with Crippen molar-refractivity contribution in [3.8, 4) is 0 Å². The van der Waals surface area contributed by atoms with Gasteiger partial charge in [0.15, 0.2) is 5.11 Å². The molecule has 0 saturated heterocycles. The fraction of sp³-hybridized carbons (Fsp3) is 0.500. The molecular weight excluding hydrogens is 362 g/mol. The number of pyridine rings is 1. The predicted octanol–water partition coefficient (Wildman–Crippen LogP) is 2.24. The van der Waals surface area contributed by atoms with Gasteiger partial charge in [0.25, 0.3) is 5.56 Å². The zero-order valence-corrected chi connectivity index (χ0v) is 17.1. The van der Waals surface area contributed by atoms with Crippen LogP contribution in [0.1, 0.15) is 29.5 Å². The lowest BCUT2D eigenvalue weighted by Gasteiger charge is -2.25. The molecule has 0 radical (unpaired) electrons. The van der Waals surface area contributed by atoms with Gasteiger partial charge in [-0.3, -0.25) is 4.79 Å². The maximum atomic E-state index is 12.6. The number of thiocarbonyl (C=S) groups is 1. The Bertz CT molecular complexity index is 835. The van der Waals surface area contributed by atoms with E-state index in [-0.39, 0.29) is 12.2 Å². The smallest absolute Gasteiger partial charge is 0.253 e. The van der Waals surface area contributed by atoms with E-state index >= 15 is 0 Å². The molecule has 27 heavy (non-hydrogen) atoms. The average Bonchev–Trinajstić information content (AvgIpc) is 2.66. The second kappa shape index (κ2) is 10.4. The Morgan fingerprint density at radius 2 is 2.11 bits per heavy atom. The van der Waals surface area contributed by atoms with Gasteiger partial charge in [-0.05, 0) is 61.5 Å². The molecule has 0 fully saturated rings. The Labute approximate surface area is 165 Å². The van der Waals surface area contributed by atoms with Gasteiger partial charge >= 0.3 is 0 Å². The zero-order valence-electron chi connectivity index (χ0n) is 16.3. The van der Waals surface area contributed by atoms with Gasteiger partial charge in [0.1, 0.15) is 0 Å². The summed E-state index contributed by atoms with van der Waals surface area (Å²) in [7, 11) is 1.67. The first-order valence-corrected chi connectivity index (χ1v) is 9.63. The molecule has 0 spiro atoms. The number of rotatable bonds is 9. The highest BCUT2D eigenvalue weighted by Crippen LogP contribution is 2.19. The Kier molecular flexibility index (Phi) is 8.22. The third-order valence-electron chi connectivity index (χ3n) is 4.66. The number of aryl methyl sites for hydroxylation is 2. The molecule has 7 heteroatoms. The van der Waals surface area contributed by atoms with Gasteiger partial charge in [-0.2, -0.15) is 0 Å². The maximum Gasteiger partial charge on any atom is 0.253 e. The molecule has 0 aliphatic rings. The topological polar surface area (TPSA) is 77.6 Å². The van der Waals surface area contributed by atoms with Crippen molar-refractivity contribution in [3.05, 3.63) is 45.2 Å². The second-order valence-electron chi connectivity index (χ2n) is 6.67. The molecule has 1 heterocycles. The number of aliphatic hydroxyl groups excluding tert-OH is 1. The van der Waals surface area contributed by atoms with Crippen LogP contribution in [0, 0.1) is 13.8 Å². The molecule has 2 aromatic rings. The molecule has 0 aliphatic heterocycles. The number of hydrogen-bond acceptors (Lipinski definition) is 4. The lowest BCUT2D eigenvalue weighted by atomic mass is 10.0. The molecule has 148 valence electrons. The van der Waals surface area contributed by atoms with Crippen molar-refractivity contribution < 1.29 is 9.84 Å². The van der Waals surface area contributed by atoms with Crippen LogP contribution < -0.4 is 10.9 Å². The number of nitrogens with zero attached hydrogens (tertiary/aromatic N) is 1. The standard InChI is InChI=1S/C20H29N3O3S/c1-14-6-7-16-12-17(19(25)22-18(16)15(14)2)13-23(9-5-10-24)20(27)21-8-4-11-26-3/h6-7,12,24H,4-5,8-11,13H2,1-3H3,(H,21,27)(H,22,25). The van der Waals surface area contributed by atoms with E-state index in [2.05, 4.69) is 16.4 Å². The Balaban J connectivity index is 2.20. The van der Waals surface area contributed by atoms with Crippen molar-refractivity contribution in [1.29, 1.82) is 0 Å². The van der Waals surface area contributed by atoms with Gasteiger partial charge in [0.05, 0.1) is 12.1 Å². The minimum absolute atomic E-state index is 0.0787. The molecule has 2 rings (SSSR count). The summed E-state index contributed by atoms with van der Waals surface area (Å²) in [6, 6.07) is 6.02. The number of aromatic nitrogens is 1. The highest BCUT2D eigenvalue weighted by molar-refractivity contribution is 7.80. The second-order valence-corrected chi connectivity index (χ2v) is 7.06. The van der Waals surface area contributed by atoms with E-state index in [1.54, 1.807) is 7.11 Å². The Hall–Kier alpha value is -1.96. The quantitative estimate of drug-likeness (QED) is 0.450. The molecule has 0 saturated carbocycles. The van der Waals surface area contributed by atoms with Crippen molar-refractivity contribution in [2.75, 3.05) is 33.4 Å². The molecule has 0 bridgehead atoms. The number of benzene rings is 1. The SMILES string of the molecule is COCCCNC(=S)N(CCCO)Cc1cc2ccc(C)c(C)c2[nH]c1=O. The van der Waals surface area contributed by atoms with E-state index < -0.39 is 0 Å². The summed E-state index contributed by atoms with van der Waals surface area (Å²) < 4.78 is 5.04. The molecule has 0 amide bonds. The van der Waals surface area contributed by atoms with Crippen LogP contribution in [0.15, 0.2) is 23.0 Å². The van der Waals surface area contributed by atoms with Crippen molar-refractivity contribution in [2.24, 2.45) is 0 Å². The van der Waals surface area contributed by atoms with Gasteiger partial charge in [0, 0.05) is 39.0 Å². The monoisotopic (exact) mass is 391 g/mol. The number of nitrogens with one attached hydrogen (secondary N) is 2. The van der Waals surface area contributed by atoms with Crippen LogP contribution in [0.3, 0.4) is 0 Å². The third kappa shape index (κ3) is 5.76. The first kappa shape index (κ1) is 21.3. The van der Waals surface area contributed by atoms with E-state index in [1.165, 1.54) is 0 Å². The number of fused-ring (bicyclic) bond motifs is 1. The summed E-state index contributed by atoms with van der Waals surface area (Å²) in [5.41, 5.74) is 3.67. The number of aromatic amines is 1. The van der Waals surface area contributed by atoms with Crippen molar-refractivity contribution in [3.63, 3.8) is 0 Å². The minimum Gasteiger partial charge on any atom is -0.396 e. The van der Waals surface area contributed by atoms with Crippen LogP contribution in [0.25, 0.3) is 10.9 Å². The van der Waals surface area contributed by atoms with E-state index in [0.29, 0.717) is 43.3 Å². The number of hydrogen-bond donors (Lipinski definition) is 3. The fourth-order valence-electron chi connectivity index (χ4n) is 2.93. The van der Waals surface area contributed by atoms with Crippen molar-refractivity contribution >= 4 is 28.2 Å². The predicted molar refractivity (Wildman–Crippen MR) is 113 cm³/mol. The van der Waals surface area contributed by atoms with Gasteiger partial charge in [0.2, 0.25) is 0 Å². The highest BCUT2D eigenvalue weighted by Gasteiger charge is 2.13. The van der Waals surface area contributed by atoms with Crippen LogP contribution >= 0.6 is 12.2 Å². The summed E-state index contributed by atoms with van der Waals surface area (Å²) >= 11 is 5.49. The molecule has 3 N–H and O–H groups in total. The lowest BCUT2D eigenvalue weighted by molar-refractivity contribution is 0.195. The van der Waals surface area contributed by atoms with E-state index in [0.717, 1.165) is 28.5 Å². The van der Waals surface area contributed by atoms with Crippen LogP contribution in [-0.4, -0.2) is 53.5 Å². The van der Waals surface area contributed by atoms with Gasteiger partial charge in [-0.15, -0.1) is 0 Å². The van der Waals surface area contributed by atoms with Crippen LogP contribution in [0.2, 0.25) is 0 Å². The minimum atomic E-state index is -0.104. The summed E-state index contributed by atoms with van der Waals surface area (Å²) in [6.45, 7) is 6.47. The van der Waals surface area contributed by atoms with Gasteiger partial charge < -0.3 is 25.0 Å². The first-order chi connectivity index (χ1) is 13.0. The highest BCUT2D eigenvalue weighted by atomic mass is 32.1. The number of methoxy groups -OCH3 is 1. The van der Waals surface area contributed by atoms with Gasteiger partial charge in [-0.1, -0.05) is 12.1 Å². The van der Waals surface area contributed by atoms with Crippen LogP contribution in [0.4, 0.5) is 0 Å². The zero-order chi connectivity index (χ0) is 19.8. The largest absolute Gasteiger partial charge is 0.396 e. The fourth-order valence-corrected chi connectivity index (χ4v) is 3.19. The Morgan fingerprint density at radius 1 is 1.33 bits per heavy atom. The summed E-state index contributed by atoms with van der Waals surface area (Å²) in [4.78, 5) is 17.6. The molecule has 1 aromatic carbocycles. The maximum absolute atomic E-state index is 12.6. The van der Waals surface area contributed by atoms with E-state index in [9.17, 15) is 9.90 Å². The number of ether oxygens (including phenoxy) is 1. The molecule has 0 unspecified atom stereocenters. The van der Waals surface area contributed by atoms with Crippen LogP contribution in [-0.2, 0) is 11.3 Å². The van der Waals surface area contributed by atoms with E-state index in [4.69, 9.17) is 17.0 Å². The average molecular weight is 392 g/mol. The molecule has 0 aliphatic carbocycles. The first-order valence-electron chi connectivity index (χ1n) is 9.22. The van der Waals surface area contributed by atoms with Gasteiger partial charge in [-0.25, -0.2) is 0 Å². The number of aliphatic hydroxyl groups is 1. The third-order valence-corrected chi connectivity index (χ3v) is 5.07. The summed E-state index contributed by atoms with van der Waals surface area (Å²) in [6.07, 6.45) is 1.43. The molecule has 0 atom stereocenters. The molecule has 6 nitrogen and oxygen atoms in total. The molecular formula is C20H29N3O3S. The number of H-pyrrole nitrogens is 1. The lowest BCUT2D eigenvalue weighted by Crippen LogP contribution is -2.41. The normalized spacial score (nSPS) is 11.0. The Morgan fingerprint density at radius 3 is 2.81 bits per heavy atom. The molecule has 1 aromatic heterocycles. The van der Waals surface area contributed by atoms with Crippen LogP contribution in [0.5, 0.6) is 0 Å². The van der Waals surface area contributed by atoms with Crippen molar-refractivity contribution in [1.82, 2.24) is 15.2 Å². The summed E-state index contributed by atoms with van der Waals surface area (Å²) in [5.74, 6) is 0. The summed E-state index contributed by atoms with van der Waals surface area (Å²) in [5, 5.41) is 14.0. The van der Waals surface area contributed by atoms with E-state index in [1.807, 2.05) is 30.9 Å².